The third kappa shape index (κ3) is 9.60. The van der Waals surface area contributed by atoms with Crippen molar-refractivity contribution < 1.29 is 28.6 Å². The minimum atomic E-state index is -0.574. The molecule has 0 unspecified atom stereocenters. The van der Waals surface area contributed by atoms with Crippen LogP contribution >= 0.6 is 22.7 Å². The molecule has 6 aromatic heterocycles. The number of piperidine rings is 2. The number of nitrogens with zero attached hydrogens (tertiary/aromatic N) is 8. The summed E-state index contributed by atoms with van der Waals surface area (Å²) in [5.74, 6) is 2.83. The summed E-state index contributed by atoms with van der Waals surface area (Å²) in [5, 5.41) is 5.37. The van der Waals surface area contributed by atoms with Gasteiger partial charge in [-0.25, -0.2) is 14.8 Å². The predicted molar refractivity (Wildman–Crippen MR) is 284 cm³/mol. The number of imidazole rings is 2. The van der Waals surface area contributed by atoms with Crippen LogP contribution < -0.4 is 20.5 Å². The molecule has 2 fully saturated rings. The number of hydrogen-bond donors (Lipinski definition) is 2. The second-order valence-electron chi connectivity index (χ2n) is 19.8. The maximum absolute atomic E-state index is 13.6. The summed E-state index contributed by atoms with van der Waals surface area (Å²) in [6.45, 7) is 18.1. The number of amides is 3. The molecule has 0 bridgehead atoms. The van der Waals surface area contributed by atoms with Gasteiger partial charge in [-0.2, -0.15) is 0 Å². The van der Waals surface area contributed by atoms with Gasteiger partial charge in [0.05, 0.1) is 36.6 Å². The van der Waals surface area contributed by atoms with Gasteiger partial charge in [0.1, 0.15) is 37.8 Å². The fraction of sp³-hybridized carbons (Fsp3) is 0.453. The summed E-state index contributed by atoms with van der Waals surface area (Å²) in [7, 11) is 7.24. The minimum Gasteiger partial charge on any atom is -0.494 e. The van der Waals surface area contributed by atoms with Crippen LogP contribution in [0.15, 0.2) is 48.5 Å². The second kappa shape index (κ2) is 19.7. The van der Waals surface area contributed by atoms with Crippen molar-refractivity contribution >= 4 is 83.1 Å². The van der Waals surface area contributed by atoms with Crippen molar-refractivity contribution in [2.45, 2.75) is 105 Å². The van der Waals surface area contributed by atoms with Crippen molar-refractivity contribution in [2.75, 3.05) is 40.4 Å². The zero-order chi connectivity index (χ0) is 50.6. The summed E-state index contributed by atoms with van der Waals surface area (Å²) >= 11 is 3.59. The van der Waals surface area contributed by atoms with Crippen LogP contribution in [-0.2, 0) is 31.9 Å². The molecule has 0 saturated carbocycles. The summed E-state index contributed by atoms with van der Waals surface area (Å²) in [6.07, 6.45) is 3.03. The Hall–Kier alpha value is -6.37. The number of alkyl carbamates (subject to hydrolysis) is 1. The van der Waals surface area contributed by atoms with E-state index >= 15 is 0 Å². The number of aryl methyl sites for hydroxylation is 6. The maximum Gasteiger partial charge on any atom is 0.407 e. The number of carbonyl (C=O) groups excluding carboxylic acids is 3. The van der Waals surface area contributed by atoms with E-state index in [0.717, 1.165) is 84.9 Å². The molecule has 2 saturated heterocycles. The van der Waals surface area contributed by atoms with E-state index in [-0.39, 0.29) is 23.9 Å². The van der Waals surface area contributed by atoms with E-state index in [1.165, 1.54) is 30.2 Å². The molecule has 2 aromatic carbocycles. The van der Waals surface area contributed by atoms with E-state index in [9.17, 15) is 14.4 Å². The van der Waals surface area contributed by atoms with Gasteiger partial charge >= 0.3 is 6.09 Å². The van der Waals surface area contributed by atoms with Gasteiger partial charge in [0, 0.05) is 97.1 Å². The van der Waals surface area contributed by atoms with Crippen LogP contribution in [0.4, 0.5) is 4.79 Å². The third-order valence-electron chi connectivity index (χ3n) is 13.5. The molecule has 8 aromatic rings. The maximum atomic E-state index is 13.6. The average Bonchev–Trinajstić information content (AvgIpc) is 4.18. The summed E-state index contributed by atoms with van der Waals surface area (Å²) < 4.78 is 25.6. The highest BCUT2D eigenvalue weighted by Gasteiger charge is 2.30. The van der Waals surface area contributed by atoms with Crippen molar-refractivity contribution in [1.82, 2.24) is 43.4 Å². The molecule has 3 amide bonds. The Morgan fingerprint density at radius 2 is 1.17 bits per heavy atom. The van der Waals surface area contributed by atoms with E-state index in [1.54, 1.807) is 47.9 Å². The summed E-state index contributed by atoms with van der Waals surface area (Å²) in [5.41, 5.74) is 11.9. The highest BCUT2D eigenvalue weighted by molar-refractivity contribution is 7.19. The number of nitrogens with two attached hydrogens (primary N) is 1. The third-order valence-corrected chi connectivity index (χ3v) is 15.6. The van der Waals surface area contributed by atoms with Crippen LogP contribution in [0.3, 0.4) is 0 Å². The van der Waals surface area contributed by atoms with Crippen LogP contribution in [0.1, 0.15) is 90.8 Å². The van der Waals surface area contributed by atoms with Crippen LogP contribution in [0.5, 0.6) is 11.5 Å². The number of likely N-dealkylation sites (tertiary alicyclic amines) is 2. The number of fused-ring (bicyclic) bond motifs is 4. The van der Waals surface area contributed by atoms with Crippen LogP contribution in [0.25, 0.3) is 65.5 Å². The molecule has 0 aliphatic carbocycles. The first-order chi connectivity index (χ1) is 33.9. The Labute approximate surface area is 422 Å². The standard InChI is InChI=1S/C29H37N5O4S.C24H29N5O2S/c1-8-34-22(14-19-12-17(2)39-27(19)34)25-31-21-13-18(15-23(37-7)24(21)32(25)6)26(35)33-11-9-10-20(16-33)30-28(36)38-29(3,4)5;1-5-29-19(11-16-9-14(2)32-24(16)29)22-26-18-10-15(12-20(31-4)21(18)27(22)3)23(30)28-8-6-7-17(25)13-28/h12-15,20H,8-11,16H2,1-7H3,(H,30,36);9-12,17H,5-8,13,25H2,1-4H3/t20-;17-/m11/s1. The fourth-order valence-corrected chi connectivity index (χ4v) is 12.4. The van der Waals surface area contributed by atoms with Crippen molar-refractivity contribution in [1.29, 1.82) is 0 Å². The number of aromatic nitrogens is 6. The molecule has 0 spiro atoms. The molecule has 3 N–H and O–H groups in total. The Morgan fingerprint density at radius 1 is 0.704 bits per heavy atom. The first-order valence-electron chi connectivity index (χ1n) is 24.5. The predicted octanol–water partition coefficient (Wildman–Crippen LogP) is 9.88. The topological polar surface area (TPSA) is 169 Å². The number of hydrogen-bond acceptors (Lipinski definition) is 11. The zero-order valence-electron chi connectivity index (χ0n) is 42.8. The normalized spacial score (nSPS) is 16.5. The van der Waals surface area contributed by atoms with E-state index in [2.05, 4.69) is 71.0 Å². The lowest BCUT2D eigenvalue weighted by Crippen LogP contribution is -2.50. The van der Waals surface area contributed by atoms with Gasteiger partial charge in [0.25, 0.3) is 11.8 Å². The first-order valence-corrected chi connectivity index (χ1v) is 26.2. The van der Waals surface area contributed by atoms with Crippen molar-refractivity contribution in [3.63, 3.8) is 0 Å². The molecule has 2 aliphatic heterocycles. The zero-order valence-corrected chi connectivity index (χ0v) is 44.4. The van der Waals surface area contributed by atoms with Crippen molar-refractivity contribution in [3.05, 3.63) is 69.4 Å². The van der Waals surface area contributed by atoms with Crippen molar-refractivity contribution in [3.8, 4) is 34.5 Å². The summed E-state index contributed by atoms with van der Waals surface area (Å²) in [4.78, 5) is 57.8. The Balaban J connectivity index is 0.000000179. The molecule has 2 aliphatic rings. The Bertz CT molecular complexity index is 3330. The van der Waals surface area contributed by atoms with Gasteiger partial charge in [-0.3, -0.25) is 9.59 Å². The van der Waals surface area contributed by atoms with Gasteiger partial charge in [-0.15, -0.1) is 22.7 Å². The van der Waals surface area contributed by atoms with Gasteiger partial charge < -0.3 is 53.3 Å². The molecule has 2 atom stereocenters. The monoisotopic (exact) mass is 1000 g/mol. The molecular formula is C53H66N10O6S2. The Morgan fingerprint density at radius 3 is 1.61 bits per heavy atom. The second-order valence-corrected chi connectivity index (χ2v) is 22.2. The molecule has 376 valence electrons. The lowest BCUT2D eigenvalue weighted by Gasteiger charge is -2.33. The highest BCUT2D eigenvalue weighted by atomic mass is 32.1. The number of nitrogens with one attached hydrogen (secondary N) is 1. The number of rotatable bonds is 9. The summed E-state index contributed by atoms with van der Waals surface area (Å²) in [6, 6.07) is 16.1. The molecule has 8 heterocycles. The lowest BCUT2D eigenvalue weighted by atomic mass is 10.0. The van der Waals surface area contributed by atoms with Gasteiger partial charge in [0.15, 0.2) is 11.6 Å². The smallest absolute Gasteiger partial charge is 0.407 e. The van der Waals surface area contributed by atoms with Gasteiger partial charge in [-0.1, -0.05) is 0 Å². The molecule has 71 heavy (non-hydrogen) atoms. The lowest BCUT2D eigenvalue weighted by molar-refractivity contribution is 0.0452. The van der Waals surface area contributed by atoms with Gasteiger partial charge in [0.2, 0.25) is 0 Å². The Kier molecular flexibility index (Phi) is 13.7. The van der Waals surface area contributed by atoms with E-state index in [0.29, 0.717) is 47.8 Å². The average molecular weight is 1000 g/mol. The first kappa shape index (κ1) is 49.6. The molecule has 10 rings (SSSR count). The van der Waals surface area contributed by atoms with Crippen LogP contribution in [0.2, 0.25) is 0 Å². The fourth-order valence-electron chi connectivity index (χ4n) is 10.3. The number of carbonyl (C=O) groups is 3. The van der Waals surface area contributed by atoms with E-state index in [4.69, 9.17) is 29.9 Å². The highest BCUT2D eigenvalue weighted by Crippen LogP contribution is 2.39. The van der Waals surface area contributed by atoms with Crippen molar-refractivity contribution in [2.24, 2.45) is 19.8 Å². The minimum absolute atomic E-state index is 0.0134. The largest absolute Gasteiger partial charge is 0.494 e. The number of benzene rings is 2. The quantitative estimate of drug-likeness (QED) is 0.143. The van der Waals surface area contributed by atoms with Gasteiger partial charge in [-0.05, 0) is 123 Å². The molecule has 18 heteroatoms. The number of ether oxygens (including phenoxy) is 3. The number of thiophene rings is 2. The SMILES string of the molecule is CCn1c(-c2nc3cc(C(=O)N4CCC[C@@H](N)C4)cc(OC)c3n2C)cc2cc(C)sc21.CCn1c(-c2nc3cc(C(=O)N4CCC[C@@H](NC(=O)OC(C)(C)C)C4)cc(OC)c3n2C)cc2cc(C)sc21. The molecule has 0 radical (unpaired) electrons. The number of methoxy groups -OCH3 is 2. The van der Waals surface area contributed by atoms with E-state index < -0.39 is 11.7 Å². The van der Waals surface area contributed by atoms with Crippen LogP contribution in [-0.4, -0.2) is 114 Å². The van der Waals surface area contributed by atoms with Crippen LogP contribution in [0, 0.1) is 13.8 Å². The molecular weight excluding hydrogens is 937 g/mol. The molecule has 16 nitrogen and oxygen atoms in total. The van der Waals surface area contributed by atoms with E-state index in [1.807, 2.05) is 62.5 Å².